The van der Waals surface area contributed by atoms with Gasteiger partial charge in [0.15, 0.2) is 12.8 Å². The van der Waals surface area contributed by atoms with Crippen LogP contribution in [0.3, 0.4) is 0 Å². The number of benzene rings is 3. The number of carbonyl (C=O) groups excluding carboxylic acids is 3. The van der Waals surface area contributed by atoms with E-state index in [0.717, 1.165) is 19.1 Å². The lowest BCUT2D eigenvalue weighted by Gasteiger charge is -2.49. The minimum absolute atomic E-state index is 0.125. The smallest absolute Gasteiger partial charge is 0.338 e. The van der Waals surface area contributed by atoms with Gasteiger partial charge < -0.3 is 14.8 Å². The number of halogens is 2. The highest BCUT2D eigenvalue weighted by molar-refractivity contribution is 7.88. The first-order chi connectivity index (χ1) is 24.9. The van der Waals surface area contributed by atoms with Gasteiger partial charge in [0.05, 0.1) is 29.3 Å². The van der Waals surface area contributed by atoms with Gasteiger partial charge in [-0.15, -0.1) is 0 Å². The van der Waals surface area contributed by atoms with Crippen molar-refractivity contribution in [3.63, 3.8) is 0 Å². The van der Waals surface area contributed by atoms with Crippen LogP contribution in [0, 0.1) is 5.21 Å². The summed E-state index contributed by atoms with van der Waals surface area (Å²) in [5, 5.41) is 13.4. The molecule has 1 fully saturated rings. The Morgan fingerprint density at radius 3 is 2.40 bits per heavy atom. The topological polar surface area (TPSA) is 158 Å². The second-order valence-electron chi connectivity index (χ2n) is 12.8. The summed E-state index contributed by atoms with van der Waals surface area (Å²) in [6, 6.07) is 20.9. The summed E-state index contributed by atoms with van der Waals surface area (Å²) in [5.41, 5.74) is 4.63. The highest BCUT2D eigenvalue weighted by atomic mass is 35.5. The summed E-state index contributed by atoms with van der Waals surface area (Å²) in [4.78, 5) is 48.2. The maximum absolute atomic E-state index is 14.4. The lowest BCUT2D eigenvalue weighted by Crippen LogP contribution is -2.59. The van der Waals surface area contributed by atoms with Crippen LogP contribution in [-0.2, 0) is 37.6 Å². The summed E-state index contributed by atoms with van der Waals surface area (Å²) < 4.78 is 33.5. The quantitative estimate of drug-likeness (QED) is 0.0893. The number of hydroxylamine groups is 1. The van der Waals surface area contributed by atoms with E-state index in [9.17, 15) is 28.0 Å². The van der Waals surface area contributed by atoms with Crippen LogP contribution in [0.25, 0.3) is 0 Å². The number of hydrogen-bond donors (Lipinski definition) is 2. The Labute approximate surface area is 311 Å². The van der Waals surface area contributed by atoms with Crippen LogP contribution in [0.15, 0.2) is 91.1 Å². The third-order valence-corrected chi connectivity index (χ3v) is 10.5. The molecule has 15 heteroatoms. The fraction of sp³-hybridized carbons (Fsp3) is 0.297. The Morgan fingerprint density at radius 1 is 0.942 bits per heavy atom. The van der Waals surface area contributed by atoms with Crippen LogP contribution >= 0.6 is 23.2 Å². The molecule has 2 amide bonds. The van der Waals surface area contributed by atoms with E-state index in [1.54, 1.807) is 77.7 Å². The van der Waals surface area contributed by atoms with Gasteiger partial charge in [-0.2, -0.15) is 4.73 Å². The van der Waals surface area contributed by atoms with E-state index in [-0.39, 0.29) is 35.4 Å². The number of nitrogens with zero attached hydrogens (tertiary/aromatic N) is 2. The summed E-state index contributed by atoms with van der Waals surface area (Å²) >= 11 is 13.0. The monoisotopic (exact) mass is 766 g/mol. The molecule has 1 aliphatic carbocycles. The summed E-state index contributed by atoms with van der Waals surface area (Å²) in [6.07, 6.45) is 4.80. The van der Waals surface area contributed by atoms with E-state index in [0.29, 0.717) is 44.8 Å². The molecule has 12 nitrogen and oxygen atoms in total. The number of amides is 2. The molecule has 2 aliphatic rings. The minimum atomic E-state index is -3.64. The van der Waals surface area contributed by atoms with Crippen molar-refractivity contribution in [2.24, 2.45) is 0 Å². The van der Waals surface area contributed by atoms with Gasteiger partial charge in [0.25, 0.3) is 11.8 Å². The fourth-order valence-corrected chi connectivity index (χ4v) is 8.27. The molecule has 3 aromatic carbocycles. The Hall–Kier alpha value is -4.53. The van der Waals surface area contributed by atoms with Crippen LogP contribution in [0.2, 0.25) is 10.0 Å². The first-order valence-electron chi connectivity index (χ1n) is 16.6. The van der Waals surface area contributed by atoms with Crippen LogP contribution in [0.4, 0.5) is 0 Å². The molecular formula is C37H36Cl2N4O8S. The van der Waals surface area contributed by atoms with Gasteiger partial charge in [-0.05, 0) is 60.4 Å². The van der Waals surface area contributed by atoms with Crippen LogP contribution in [0.1, 0.15) is 80.7 Å². The molecule has 6 rings (SSSR count). The zero-order valence-electron chi connectivity index (χ0n) is 28.0. The number of aromatic nitrogens is 1. The predicted molar refractivity (Wildman–Crippen MR) is 192 cm³/mol. The number of hydrogen-bond acceptors (Lipinski definition) is 8. The average Bonchev–Trinajstić information content (AvgIpc) is 3.11. The first kappa shape index (κ1) is 37.2. The molecule has 2 heterocycles. The highest BCUT2D eigenvalue weighted by Gasteiger charge is 2.49. The number of nitrogens with one attached hydrogen (secondary N) is 2. The van der Waals surface area contributed by atoms with Gasteiger partial charge >= 0.3 is 5.97 Å². The zero-order valence-corrected chi connectivity index (χ0v) is 30.4. The molecule has 2 N–H and O–H groups in total. The number of carbonyl (C=O) groups is 3. The second kappa shape index (κ2) is 16.0. The lowest BCUT2D eigenvalue weighted by atomic mass is 9.76. The van der Waals surface area contributed by atoms with E-state index >= 15 is 0 Å². The summed E-state index contributed by atoms with van der Waals surface area (Å²) in [7, 11) is -3.64. The van der Waals surface area contributed by atoms with Crippen molar-refractivity contribution in [1.29, 1.82) is 0 Å². The number of fused-ring (bicyclic) bond motifs is 1. The Kier molecular flexibility index (Phi) is 11.5. The molecule has 1 aliphatic heterocycles. The number of sulfonamides is 1. The SMILES string of the molecule is CS(=O)(=O)N[C@H]1CCCC[C@@H]1N1C(=O)c2ccccc2[C@@H](C(=O)NOCc2ccc(COC(=O)c3ccccc3)c[n+]2[O-])[C@@H]1c1ccc(Cl)cc1Cl. The fourth-order valence-electron chi connectivity index (χ4n) is 6.93. The average molecular weight is 768 g/mol. The first-order valence-corrected chi connectivity index (χ1v) is 19.2. The van der Waals surface area contributed by atoms with Gasteiger partial charge in [0, 0.05) is 33.8 Å². The molecule has 1 aromatic heterocycles. The van der Waals surface area contributed by atoms with Crippen molar-refractivity contribution in [3.05, 3.63) is 140 Å². The maximum atomic E-state index is 14.4. The van der Waals surface area contributed by atoms with Crippen molar-refractivity contribution >= 4 is 51.0 Å². The van der Waals surface area contributed by atoms with Crippen molar-refractivity contribution in [3.8, 4) is 0 Å². The number of esters is 1. The summed E-state index contributed by atoms with van der Waals surface area (Å²) in [5.74, 6) is -2.58. The zero-order chi connectivity index (χ0) is 37.0. The summed E-state index contributed by atoms with van der Waals surface area (Å²) in [6.45, 7) is -0.438. The molecule has 0 spiro atoms. The van der Waals surface area contributed by atoms with Gasteiger partial charge in [0.1, 0.15) is 6.61 Å². The van der Waals surface area contributed by atoms with Crippen LogP contribution in [-0.4, -0.2) is 49.4 Å². The van der Waals surface area contributed by atoms with Crippen molar-refractivity contribution < 1.29 is 37.1 Å². The Morgan fingerprint density at radius 2 is 1.67 bits per heavy atom. The van der Waals surface area contributed by atoms with E-state index < -0.39 is 45.9 Å². The molecule has 0 radical (unpaired) electrons. The van der Waals surface area contributed by atoms with Gasteiger partial charge in [-0.25, -0.2) is 23.4 Å². The largest absolute Gasteiger partial charge is 0.618 e. The lowest BCUT2D eigenvalue weighted by molar-refractivity contribution is -0.617. The van der Waals surface area contributed by atoms with E-state index in [2.05, 4.69) is 10.2 Å². The molecule has 272 valence electrons. The van der Waals surface area contributed by atoms with Crippen molar-refractivity contribution in [1.82, 2.24) is 15.1 Å². The molecule has 1 saturated carbocycles. The normalized spacial score (nSPS) is 20.2. The molecule has 0 unspecified atom stereocenters. The highest BCUT2D eigenvalue weighted by Crippen LogP contribution is 2.47. The standard InChI is InChI=1S/C37H36Cl2N4O8S/c1-52(48,49)41-31-13-7-8-14-32(31)43-34(29-18-16-25(38)19-30(29)39)33(27-11-5-6-12-28(27)36(43)45)35(44)40-51-22-26-17-15-23(20-42(26)47)21-50-37(46)24-9-3-2-4-10-24/h2-6,9-12,15-20,31-34,41H,7-8,13-14,21-22H2,1H3,(H,40,44)/t31-,32-,33+,34-/m0/s1. The number of ether oxygens (including phenoxy) is 1. The maximum Gasteiger partial charge on any atom is 0.338 e. The number of rotatable bonds is 11. The molecule has 4 aromatic rings. The molecule has 0 saturated heterocycles. The third kappa shape index (κ3) is 8.40. The van der Waals surface area contributed by atoms with Gasteiger partial charge in [-0.1, -0.05) is 78.5 Å². The molecule has 4 atom stereocenters. The van der Waals surface area contributed by atoms with E-state index in [4.69, 9.17) is 32.8 Å². The van der Waals surface area contributed by atoms with E-state index in [1.807, 2.05) is 0 Å². The Balaban J connectivity index is 1.26. The molecule has 0 bridgehead atoms. The van der Waals surface area contributed by atoms with Gasteiger partial charge in [-0.3, -0.25) is 14.4 Å². The van der Waals surface area contributed by atoms with E-state index in [1.165, 1.54) is 18.3 Å². The van der Waals surface area contributed by atoms with Crippen molar-refractivity contribution in [2.45, 2.75) is 62.9 Å². The van der Waals surface area contributed by atoms with Gasteiger partial charge in [0.2, 0.25) is 15.7 Å². The van der Waals surface area contributed by atoms with Crippen molar-refractivity contribution in [2.75, 3.05) is 6.26 Å². The Bertz CT molecular complexity index is 2090. The minimum Gasteiger partial charge on any atom is -0.618 e. The molecular weight excluding hydrogens is 731 g/mol. The van der Waals surface area contributed by atoms with Crippen LogP contribution < -0.4 is 14.9 Å². The van der Waals surface area contributed by atoms with Crippen LogP contribution in [0.5, 0.6) is 0 Å². The molecule has 52 heavy (non-hydrogen) atoms. The second-order valence-corrected chi connectivity index (χ2v) is 15.4. The number of pyridine rings is 1. The third-order valence-electron chi connectivity index (χ3n) is 9.22. The predicted octanol–water partition coefficient (Wildman–Crippen LogP) is 5.37.